The van der Waals surface area contributed by atoms with Gasteiger partial charge < -0.3 is 0 Å². The second-order valence-corrected chi connectivity index (χ2v) is 14.4. The molecule has 4 aliphatic carbocycles. The van der Waals surface area contributed by atoms with Gasteiger partial charge in [-0.05, 0) is 114 Å². The van der Waals surface area contributed by atoms with Gasteiger partial charge in [-0.1, -0.05) is 82.5 Å². The van der Waals surface area contributed by atoms with Gasteiger partial charge in [-0.2, -0.15) is 0 Å². The van der Waals surface area contributed by atoms with E-state index < -0.39 is 0 Å². The van der Waals surface area contributed by atoms with E-state index in [1.54, 1.807) is 0 Å². The van der Waals surface area contributed by atoms with E-state index in [2.05, 4.69) is 67.4 Å². The van der Waals surface area contributed by atoms with Gasteiger partial charge in [0.05, 0.1) is 0 Å². The van der Waals surface area contributed by atoms with Crippen LogP contribution in [0.15, 0.2) is 10.2 Å². The van der Waals surface area contributed by atoms with E-state index in [0.717, 1.165) is 47.3 Å². The van der Waals surface area contributed by atoms with Crippen LogP contribution in [0.25, 0.3) is 0 Å². The van der Waals surface area contributed by atoms with Crippen molar-refractivity contribution in [3.05, 3.63) is 10.2 Å². The van der Waals surface area contributed by atoms with Gasteiger partial charge in [-0.3, -0.25) is 0 Å². The summed E-state index contributed by atoms with van der Waals surface area (Å²) in [6.07, 6.45) is 18.2. The quantitative estimate of drug-likeness (QED) is 0.225. The summed E-state index contributed by atoms with van der Waals surface area (Å²) in [5, 5.41) is 0.413. The van der Waals surface area contributed by atoms with E-state index in [1.165, 1.54) is 70.6 Å². The van der Waals surface area contributed by atoms with Crippen LogP contribution in [0.4, 0.5) is 0 Å². The molecule has 0 nitrogen and oxygen atoms in total. The van der Waals surface area contributed by atoms with Crippen molar-refractivity contribution in [2.24, 2.45) is 58.2 Å². The summed E-state index contributed by atoms with van der Waals surface area (Å²) < 4.78 is 2.32. The van der Waals surface area contributed by atoms with Gasteiger partial charge >= 0.3 is 0 Å². The minimum Gasteiger partial charge on any atom is -0.123 e. The lowest BCUT2D eigenvalue weighted by Crippen LogP contribution is -2.56. The maximum atomic E-state index is 6.74. The first kappa shape index (κ1) is 24.9. The molecule has 0 N–H and O–H groups in total. The standard InChI is InChI=1S/C29H48ClI/c1-19(2)7-6-8-20(3)24-9-10-25-23-17-21(13-16-31)27-18-22(30)11-14-29(27,5)26(23)12-15-28(24,25)4/h13,16,19-27H,6-12,14-15,17-18H2,1-5H3/b16-13+/t20-,21+,22+,23+,24-,25+,26?,27-,28-,29-/m1/s1. The molecule has 2 heteroatoms. The fourth-order valence-electron chi connectivity index (χ4n) is 9.68. The van der Waals surface area contributed by atoms with E-state index in [1.807, 2.05) is 0 Å². The normalized spacial score (nSPS) is 48.5. The van der Waals surface area contributed by atoms with Crippen molar-refractivity contribution >= 4 is 34.2 Å². The predicted molar refractivity (Wildman–Crippen MR) is 145 cm³/mol. The monoisotopic (exact) mass is 558 g/mol. The highest BCUT2D eigenvalue weighted by molar-refractivity contribution is 14.1. The van der Waals surface area contributed by atoms with E-state index in [-0.39, 0.29) is 0 Å². The summed E-state index contributed by atoms with van der Waals surface area (Å²) in [4.78, 5) is 0. The maximum Gasteiger partial charge on any atom is 0.0339 e. The largest absolute Gasteiger partial charge is 0.123 e. The van der Waals surface area contributed by atoms with Gasteiger partial charge in [0.15, 0.2) is 0 Å². The molecular weight excluding hydrogens is 511 g/mol. The Balaban J connectivity index is 1.54. The highest BCUT2D eigenvalue weighted by atomic mass is 127. The summed E-state index contributed by atoms with van der Waals surface area (Å²) in [5.74, 6) is 7.19. The van der Waals surface area contributed by atoms with E-state index >= 15 is 0 Å². The Kier molecular flexibility index (Phi) is 7.85. The first-order valence-electron chi connectivity index (χ1n) is 13.6. The van der Waals surface area contributed by atoms with Crippen LogP contribution in [0.1, 0.15) is 105 Å². The van der Waals surface area contributed by atoms with Crippen LogP contribution in [-0.2, 0) is 0 Å². The average molecular weight is 559 g/mol. The number of hydrogen-bond donors (Lipinski definition) is 0. The van der Waals surface area contributed by atoms with Crippen molar-refractivity contribution in [1.82, 2.24) is 0 Å². The van der Waals surface area contributed by atoms with Gasteiger partial charge in [0.2, 0.25) is 0 Å². The SMILES string of the molecule is CC(C)CCC[C@@H](C)[C@H]1CC[C@H]2[C@@H]3C[C@H](/C=C/I)[C@H]4C[C@@H](Cl)CC[C@]4(C)C3CC[C@]12C. The topological polar surface area (TPSA) is 0 Å². The number of allylic oxidation sites excluding steroid dienone is 1. The summed E-state index contributed by atoms with van der Waals surface area (Å²) in [6.45, 7) is 12.8. The molecule has 0 saturated heterocycles. The van der Waals surface area contributed by atoms with Gasteiger partial charge in [0.25, 0.3) is 0 Å². The lowest BCUT2D eigenvalue weighted by atomic mass is 9.42. The van der Waals surface area contributed by atoms with Gasteiger partial charge in [-0.25, -0.2) is 0 Å². The summed E-state index contributed by atoms with van der Waals surface area (Å²) in [7, 11) is 0. The molecular formula is C29H48ClI. The van der Waals surface area contributed by atoms with Crippen molar-refractivity contribution in [1.29, 1.82) is 0 Å². The zero-order valence-corrected chi connectivity index (χ0v) is 23.8. The second-order valence-electron chi connectivity index (χ2n) is 13.1. The van der Waals surface area contributed by atoms with Crippen LogP contribution in [0.3, 0.4) is 0 Å². The Bertz CT molecular complexity index is 643. The molecule has 31 heavy (non-hydrogen) atoms. The lowest BCUT2D eigenvalue weighted by Gasteiger charge is -2.63. The summed E-state index contributed by atoms with van der Waals surface area (Å²) >= 11 is 9.20. The van der Waals surface area contributed by atoms with Crippen molar-refractivity contribution in [3.8, 4) is 0 Å². The van der Waals surface area contributed by atoms with Crippen LogP contribution in [0.2, 0.25) is 0 Å². The molecule has 0 aromatic carbocycles. The first-order chi connectivity index (χ1) is 14.7. The number of rotatable bonds is 6. The second kappa shape index (κ2) is 9.79. The molecule has 0 radical (unpaired) electrons. The third-order valence-corrected chi connectivity index (χ3v) is 12.0. The Morgan fingerprint density at radius 3 is 2.32 bits per heavy atom. The molecule has 0 amide bonds. The highest BCUT2D eigenvalue weighted by Crippen LogP contribution is 2.69. The van der Waals surface area contributed by atoms with Crippen LogP contribution >= 0.6 is 34.2 Å². The van der Waals surface area contributed by atoms with Crippen LogP contribution in [0, 0.1) is 58.2 Å². The fourth-order valence-corrected chi connectivity index (χ4v) is 10.5. The molecule has 178 valence electrons. The zero-order valence-electron chi connectivity index (χ0n) is 20.9. The minimum atomic E-state index is 0.413. The molecule has 4 rings (SSSR count). The zero-order chi connectivity index (χ0) is 22.4. The molecule has 0 spiro atoms. The molecule has 4 fully saturated rings. The predicted octanol–water partition coefficient (Wildman–Crippen LogP) is 9.89. The van der Waals surface area contributed by atoms with Crippen LogP contribution < -0.4 is 0 Å². The number of halogens is 2. The molecule has 0 heterocycles. The van der Waals surface area contributed by atoms with Gasteiger partial charge in [0.1, 0.15) is 0 Å². The Morgan fingerprint density at radius 2 is 1.61 bits per heavy atom. The van der Waals surface area contributed by atoms with E-state index in [0.29, 0.717) is 16.2 Å². The van der Waals surface area contributed by atoms with E-state index in [4.69, 9.17) is 11.6 Å². The third-order valence-electron chi connectivity index (χ3n) is 11.2. The first-order valence-corrected chi connectivity index (χ1v) is 15.3. The summed E-state index contributed by atoms with van der Waals surface area (Å²) in [5.41, 5.74) is 1.13. The minimum absolute atomic E-state index is 0.413. The van der Waals surface area contributed by atoms with Crippen LogP contribution in [0.5, 0.6) is 0 Å². The van der Waals surface area contributed by atoms with E-state index in [9.17, 15) is 0 Å². The Morgan fingerprint density at radius 1 is 0.903 bits per heavy atom. The molecule has 0 aliphatic heterocycles. The number of alkyl halides is 1. The highest BCUT2D eigenvalue weighted by Gasteiger charge is 2.62. The Labute approximate surface area is 212 Å². The molecule has 0 aromatic heterocycles. The molecule has 4 aliphatic rings. The van der Waals surface area contributed by atoms with Crippen LogP contribution in [-0.4, -0.2) is 5.38 Å². The summed E-state index contributed by atoms with van der Waals surface area (Å²) in [6, 6.07) is 0. The number of hydrogen-bond acceptors (Lipinski definition) is 0. The smallest absolute Gasteiger partial charge is 0.0339 e. The Hall–Kier alpha value is 0.760. The molecule has 0 aromatic rings. The molecule has 1 unspecified atom stereocenters. The van der Waals surface area contributed by atoms with Crippen molar-refractivity contribution in [3.63, 3.8) is 0 Å². The average Bonchev–Trinajstić information content (AvgIpc) is 3.06. The van der Waals surface area contributed by atoms with Crippen molar-refractivity contribution in [2.75, 3.05) is 0 Å². The van der Waals surface area contributed by atoms with Crippen molar-refractivity contribution in [2.45, 2.75) is 111 Å². The maximum absolute atomic E-state index is 6.74. The number of fused-ring (bicyclic) bond motifs is 5. The molecule has 10 atom stereocenters. The van der Waals surface area contributed by atoms with Crippen molar-refractivity contribution < 1.29 is 0 Å². The molecule has 0 bridgehead atoms. The third kappa shape index (κ3) is 4.55. The van der Waals surface area contributed by atoms with Gasteiger partial charge in [-0.15, -0.1) is 11.6 Å². The fraction of sp³-hybridized carbons (Fsp3) is 0.931. The lowest BCUT2D eigenvalue weighted by molar-refractivity contribution is -0.128. The van der Waals surface area contributed by atoms with Gasteiger partial charge in [0, 0.05) is 5.38 Å². The molecule has 4 saturated carbocycles.